The minimum Gasteiger partial charge on any atom is -0.501 e. The molecule has 0 spiro atoms. The van der Waals surface area contributed by atoms with Crippen molar-refractivity contribution in [1.29, 1.82) is 0 Å². The van der Waals surface area contributed by atoms with Crippen LogP contribution in [0.25, 0.3) is 6.08 Å². The number of nitrogens with two attached hydrogens (primary N) is 1. The summed E-state index contributed by atoms with van der Waals surface area (Å²) in [4.78, 5) is 11.3. The van der Waals surface area contributed by atoms with Gasteiger partial charge in [0, 0.05) is 13.1 Å². The maximum atomic E-state index is 11.3. The molecular weight excluding hydrogens is 218 g/mol. The van der Waals surface area contributed by atoms with E-state index in [1.165, 1.54) is 13.3 Å². The summed E-state index contributed by atoms with van der Waals surface area (Å²) in [5, 5.41) is 3.91. The molecule has 15 heavy (non-hydrogen) atoms. The average Bonchev–Trinajstić information content (AvgIpc) is 2.23. The van der Waals surface area contributed by atoms with Crippen LogP contribution >= 0.6 is 11.6 Å². The van der Waals surface area contributed by atoms with E-state index in [0.717, 1.165) is 4.68 Å². The van der Waals surface area contributed by atoms with Crippen LogP contribution < -0.4 is 11.3 Å². The molecule has 1 aromatic rings. The first-order chi connectivity index (χ1) is 7.07. The molecule has 0 saturated carbocycles. The standard InChI is InChI=1S/C9H12ClN3O2/c1-3-15-5-4-6-8(11)7(10)9(14)13(2)12-6/h4-5H,3,11H2,1-2H3/b5-4+. The minimum atomic E-state index is -0.414. The summed E-state index contributed by atoms with van der Waals surface area (Å²) in [6.07, 6.45) is 3.02. The van der Waals surface area contributed by atoms with Crippen LogP contribution in [0.1, 0.15) is 12.6 Å². The van der Waals surface area contributed by atoms with E-state index in [2.05, 4.69) is 5.10 Å². The highest BCUT2D eigenvalue weighted by molar-refractivity contribution is 6.33. The highest BCUT2D eigenvalue weighted by Gasteiger charge is 2.09. The second-order valence-electron chi connectivity index (χ2n) is 2.80. The summed E-state index contributed by atoms with van der Waals surface area (Å²) in [5.41, 5.74) is 5.78. The van der Waals surface area contributed by atoms with E-state index in [1.54, 1.807) is 6.08 Å². The molecule has 2 N–H and O–H groups in total. The summed E-state index contributed by atoms with van der Waals surface area (Å²) in [5.74, 6) is 0. The largest absolute Gasteiger partial charge is 0.501 e. The molecule has 0 amide bonds. The number of anilines is 1. The molecule has 0 radical (unpaired) electrons. The van der Waals surface area contributed by atoms with Gasteiger partial charge in [0.15, 0.2) is 0 Å². The van der Waals surface area contributed by atoms with Crippen LogP contribution in [0.5, 0.6) is 0 Å². The summed E-state index contributed by atoms with van der Waals surface area (Å²) in [6, 6.07) is 0. The van der Waals surface area contributed by atoms with Gasteiger partial charge in [0.05, 0.1) is 18.6 Å². The molecule has 0 fully saturated rings. The lowest BCUT2D eigenvalue weighted by atomic mass is 10.3. The number of ether oxygens (including phenoxy) is 1. The van der Waals surface area contributed by atoms with Gasteiger partial charge < -0.3 is 10.5 Å². The van der Waals surface area contributed by atoms with Crippen molar-refractivity contribution in [2.75, 3.05) is 12.3 Å². The van der Waals surface area contributed by atoms with Crippen molar-refractivity contribution in [3.63, 3.8) is 0 Å². The fraction of sp³-hybridized carbons (Fsp3) is 0.333. The van der Waals surface area contributed by atoms with Gasteiger partial charge in [-0.2, -0.15) is 5.10 Å². The molecule has 6 heteroatoms. The highest BCUT2D eigenvalue weighted by Crippen LogP contribution is 2.17. The van der Waals surface area contributed by atoms with E-state index in [-0.39, 0.29) is 10.7 Å². The Bertz CT molecular complexity index is 440. The third-order valence-electron chi connectivity index (χ3n) is 1.74. The van der Waals surface area contributed by atoms with E-state index >= 15 is 0 Å². The van der Waals surface area contributed by atoms with Crippen LogP contribution in [-0.4, -0.2) is 16.4 Å². The van der Waals surface area contributed by atoms with Gasteiger partial charge in [0.1, 0.15) is 10.7 Å². The number of hydrogen-bond acceptors (Lipinski definition) is 4. The van der Waals surface area contributed by atoms with Crippen molar-refractivity contribution in [1.82, 2.24) is 9.78 Å². The van der Waals surface area contributed by atoms with Gasteiger partial charge in [-0.3, -0.25) is 4.79 Å². The minimum absolute atomic E-state index is 0.0244. The highest BCUT2D eigenvalue weighted by atomic mass is 35.5. The zero-order valence-electron chi connectivity index (χ0n) is 8.53. The zero-order chi connectivity index (χ0) is 11.4. The van der Waals surface area contributed by atoms with Crippen LogP contribution in [0.2, 0.25) is 5.02 Å². The lowest BCUT2D eigenvalue weighted by Gasteiger charge is -2.04. The maximum absolute atomic E-state index is 11.3. The Balaban J connectivity index is 3.15. The zero-order valence-corrected chi connectivity index (χ0v) is 9.28. The van der Waals surface area contributed by atoms with Gasteiger partial charge in [0.2, 0.25) is 0 Å². The Hall–Kier alpha value is -1.49. The quantitative estimate of drug-likeness (QED) is 0.786. The fourth-order valence-corrected chi connectivity index (χ4v) is 1.18. The Morgan fingerprint density at radius 2 is 2.33 bits per heavy atom. The fourth-order valence-electron chi connectivity index (χ4n) is 0.962. The Labute approximate surface area is 92.1 Å². The van der Waals surface area contributed by atoms with Gasteiger partial charge in [-0.15, -0.1) is 0 Å². The first-order valence-electron chi connectivity index (χ1n) is 4.38. The van der Waals surface area contributed by atoms with Crippen molar-refractivity contribution in [3.8, 4) is 0 Å². The normalized spacial score (nSPS) is 10.9. The first kappa shape index (κ1) is 11.6. The molecule has 1 rings (SSSR count). The second-order valence-corrected chi connectivity index (χ2v) is 3.18. The number of halogens is 1. The third kappa shape index (κ3) is 2.50. The number of hydrogen-bond donors (Lipinski definition) is 1. The van der Waals surface area contributed by atoms with Crippen LogP contribution in [0.15, 0.2) is 11.1 Å². The number of nitrogen functional groups attached to an aromatic ring is 1. The van der Waals surface area contributed by atoms with Gasteiger partial charge in [0.25, 0.3) is 5.56 Å². The molecule has 0 unspecified atom stereocenters. The van der Waals surface area contributed by atoms with Crippen molar-refractivity contribution in [3.05, 3.63) is 27.3 Å². The molecule has 0 bridgehead atoms. The lowest BCUT2D eigenvalue weighted by molar-refractivity contribution is 0.272. The van der Waals surface area contributed by atoms with Gasteiger partial charge in [-0.1, -0.05) is 11.6 Å². The summed E-state index contributed by atoms with van der Waals surface area (Å²) in [6.45, 7) is 2.41. The molecule has 5 nitrogen and oxygen atoms in total. The molecule has 0 atom stereocenters. The predicted molar refractivity (Wildman–Crippen MR) is 59.6 cm³/mol. The van der Waals surface area contributed by atoms with E-state index in [4.69, 9.17) is 22.1 Å². The predicted octanol–water partition coefficient (Wildman–Crippen LogP) is 1.02. The number of nitrogens with zero attached hydrogens (tertiary/aromatic N) is 2. The summed E-state index contributed by atoms with van der Waals surface area (Å²) >= 11 is 5.73. The van der Waals surface area contributed by atoms with E-state index in [9.17, 15) is 4.79 Å². The number of aryl methyl sites for hydroxylation is 1. The van der Waals surface area contributed by atoms with Crippen LogP contribution in [0.3, 0.4) is 0 Å². The topological polar surface area (TPSA) is 70.1 Å². The Morgan fingerprint density at radius 1 is 1.67 bits per heavy atom. The molecular formula is C9H12ClN3O2. The molecule has 1 heterocycles. The first-order valence-corrected chi connectivity index (χ1v) is 4.76. The SMILES string of the molecule is CCO/C=C/c1nn(C)c(=O)c(Cl)c1N. The molecule has 0 aliphatic heterocycles. The van der Waals surface area contributed by atoms with Gasteiger partial charge in [-0.25, -0.2) is 4.68 Å². The molecule has 0 saturated heterocycles. The second kappa shape index (κ2) is 4.84. The Morgan fingerprint density at radius 3 is 2.93 bits per heavy atom. The van der Waals surface area contributed by atoms with Crippen LogP contribution in [0.4, 0.5) is 5.69 Å². The smallest absolute Gasteiger partial charge is 0.287 e. The van der Waals surface area contributed by atoms with Crippen molar-refractivity contribution >= 4 is 23.4 Å². The molecule has 82 valence electrons. The summed E-state index contributed by atoms with van der Waals surface area (Å²) in [7, 11) is 1.51. The van der Waals surface area contributed by atoms with E-state index in [0.29, 0.717) is 12.3 Å². The Kier molecular flexibility index (Phi) is 3.74. The third-order valence-corrected chi connectivity index (χ3v) is 2.11. The van der Waals surface area contributed by atoms with Crippen LogP contribution in [0, 0.1) is 0 Å². The van der Waals surface area contributed by atoms with Gasteiger partial charge in [-0.05, 0) is 6.92 Å². The van der Waals surface area contributed by atoms with Crippen molar-refractivity contribution in [2.24, 2.45) is 7.05 Å². The molecule has 0 aromatic carbocycles. The maximum Gasteiger partial charge on any atom is 0.287 e. The van der Waals surface area contributed by atoms with E-state index < -0.39 is 5.56 Å². The van der Waals surface area contributed by atoms with Crippen LogP contribution in [-0.2, 0) is 11.8 Å². The van der Waals surface area contributed by atoms with Gasteiger partial charge >= 0.3 is 0 Å². The monoisotopic (exact) mass is 229 g/mol. The molecule has 0 aliphatic carbocycles. The number of rotatable bonds is 3. The molecule has 0 aliphatic rings. The van der Waals surface area contributed by atoms with Crippen molar-refractivity contribution in [2.45, 2.75) is 6.92 Å². The number of aromatic nitrogens is 2. The van der Waals surface area contributed by atoms with Crippen molar-refractivity contribution < 1.29 is 4.74 Å². The lowest BCUT2D eigenvalue weighted by Crippen LogP contribution is -2.22. The van der Waals surface area contributed by atoms with E-state index in [1.807, 2.05) is 6.92 Å². The molecule has 1 aromatic heterocycles. The average molecular weight is 230 g/mol. The summed E-state index contributed by atoms with van der Waals surface area (Å²) < 4.78 is 6.13.